The van der Waals surface area contributed by atoms with Crippen LogP contribution in [0.1, 0.15) is 19.8 Å². The lowest BCUT2D eigenvalue weighted by Crippen LogP contribution is -2.46. The Hall–Kier alpha value is -0.330. The fourth-order valence-electron chi connectivity index (χ4n) is 2.49. The van der Waals surface area contributed by atoms with Gasteiger partial charge in [-0.15, -0.1) is 0 Å². The van der Waals surface area contributed by atoms with Crippen molar-refractivity contribution in [2.45, 2.75) is 30.7 Å². The molecule has 1 saturated heterocycles. The van der Waals surface area contributed by atoms with Crippen LogP contribution in [-0.2, 0) is 10.0 Å². The first-order valence-corrected chi connectivity index (χ1v) is 8.72. The normalized spacial score (nSPS) is 24.8. The molecule has 0 saturated carbocycles. The SMILES string of the molecule is CC1CCC(CN)CN1S(=O)(=O)c1cc(Cl)cc(Cl)c1. The van der Waals surface area contributed by atoms with Gasteiger partial charge in [-0.05, 0) is 50.4 Å². The van der Waals surface area contributed by atoms with Crippen molar-refractivity contribution in [3.8, 4) is 0 Å². The smallest absolute Gasteiger partial charge is 0.243 e. The van der Waals surface area contributed by atoms with Crippen molar-refractivity contribution in [3.63, 3.8) is 0 Å². The van der Waals surface area contributed by atoms with Crippen molar-refractivity contribution >= 4 is 33.2 Å². The highest BCUT2D eigenvalue weighted by atomic mass is 35.5. The van der Waals surface area contributed by atoms with E-state index in [1.54, 1.807) is 0 Å². The molecule has 4 nitrogen and oxygen atoms in total. The molecule has 1 aromatic rings. The Kier molecular flexibility index (Phi) is 4.97. The van der Waals surface area contributed by atoms with E-state index in [9.17, 15) is 8.42 Å². The number of rotatable bonds is 3. The zero-order valence-corrected chi connectivity index (χ0v) is 13.5. The second-order valence-corrected chi connectivity index (χ2v) is 7.97. The van der Waals surface area contributed by atoms with Crippen LogP contribution in [0.4, 0.5) is 0 Å². The van der Waals surface area contributed by atoms with Gasteiger partial charge in [0, 0.05) is 22.6 Å². The van der Waals surface area contributed by atoms with Gasteiger partial charge in [0.15, 0.2) is 0 Å². The number of hydrogen-bond acceptors (Lipinski definition) is 3. The predicted molar refractivity (Wildman–Crippen MR) is 81.6 cm³/mol. The molecule has 7 heteroatoms. The van der Waals surface area contributed by atoms with E-state index in [2.05, 4.69) is 0 Å². The maximum absolute atomic E-state index is 12.7. The lowest BCUT2D eigenvalue weighted by atomic mass is 9.96. The van der Waals surface area contributed by atoms with E-state index in [0.29, 0.717) is 23.1 Å². The number of hydrogen-bond donors (Lipinski definition) is 1. The number of halogens is 2. The van der Waals surface area contributed by atoms with Crippen LogP contribution in [0, 0.1) is 5.92 Å². The van der Waals surface area contributed by atoms with E-state index < -0.39 is 10.0 Å². The van der Waals surface area contributed by atoms with Gasteiger partial charge in [0.25, 0.3) is 0 Å². The van der Waals surface area contributed by atoms with Crippen molar-refractivity contribution < 1.29 is 8.42 Å². The van der Waals surface area contributed by atoms with Crippen molar-refractivity contribution in [1.29, 1.82) is 0 Å². The van der Waals surface area contributed by atoms with Gasteiger partial charge in [0.1, 0.15) is 0 Å². The van der Waals surface area contributed by atoms with Crippen LogP contribution >= 0.6 is 23.2 Å². The second kappa shape index (κ2) is 6.20. The molecule has 1 fully saturated rings. The van der Waals surface area contributed by atoms with Crippen LogP contribution in [0.15, 0.2) is 23.1 Å². The summed E-state index contributed by atoms with van der Waals surface area (Å²) in [5, 5.41) is 0.632. The van der Waals surface area contributed by atoms with Crippen LogP contribution in [0.2, 0.25) is 10.0 Å². The van der Waals surface area contributed by atoms with Crippen LogP contribution < -0.4 is 5.73 Å². The van der Waals surface area contributed by atoms with E-state index in [-0.39, 0.29) is 16.9 Å². The first-order valence-electron chi connectivity index (χ1n) is 6.52. The van der Waals surface area contributed by atoms with E-state index >= 15 is 0 Å². The topological polar surface area (TPSA) is 63.4 Å². The molecule has 1 aliphatic heterocycles. The van der Waals surface area contributed by atoms with Gasteiger partial charge in [-0.25, -0.2) is 8.42 Å². The molecule has 0 radical (unpaired) electrons. The van der Waals surface area contributed by atoms with Crippen LogP contribution in [-0.4, -0.2) is 31.9 Å². The zero-order chi connectivity index (χ0) is 14.9. The van der Waals surface area contributed by atoms with E-state index in [4.69, 9.17) is 28.9 Å². The number of nitrogens with zero attached hydrogens (tertiary/aromatic N) is 1. The fraction of sp³-hybridized carbons (Fsp3) is 0.538. The molecule has 20 heavy (non-hydrogen) atoms. The van der Waals surface area contributed by atoms with Crippen molar-refractivity contribution in [2.24, 2.45) is 11.7 Å². The Labute approximate surface area is 129 Å². The summed E-state index contributed by atoms with van der Waals surface area (Å²) in [5.41, 5.74) is 5.68. The molecular formula is C13H18Cl2N2O2S. The third-order valence-corrected chi connectivity index (χ3v) is 6.09. The molecule has 0 bridgehead atoms. The van der Waals surface area contributed by atoms with Gasteiger partial charge >= 0.3 is 0 Å². The quantitative estimate of drug-likeness (QED) is 0.922. The fourth-order valence-corrected chi connectivity index (χ4v) is 4.95. The van der Waals surface area contributed by atoms with Gasteiger partial charge in [-0.3, -0.25) is 0 Å². The monoisotopic (exact) mass is 336 g/mol. The first-order chi connectivity index (χ1) is 9.34. The molecule has 2 N–H and O–H groups in total. The number of sulfonamides is 1. The molecule has 112 valence electrons. The molecule has 1 aromatic carbocycles. The van der Waals surface area contributed by atoms with Crippen LogP contribution in [0.25, 0.3) is 0 Å². The minimum atomic E-state index is -3.59. The summed E-state index contributed by atoms with van der Waals surface area (Å²) < 4.78 is 27.0. The third-order valence-electron chi connectivity index (χ3n) is 3.70. The molecule has 0 spiro atoms. The number of benzene rings is 1. The minimum Gasteiger partial charge on any atom is -0.330 e. The van der Waals surface area contributed by atoms with Gasteiger partial charge in [-0.1, -0.05) is 23.2 Å². The van der Waals surface area contributed by atoms with Crippen molar-refractivity contribution in [1.82, 2.24) is 4.31 Å². The van der Waals surface area contributed by atoms with Gasteiger partial charge < -0.3 is 5.73 Å². The lowest BCUT2D eigenvalue weighted by molar-refractivity contribution is 0.211. The third kappa shape index (κ3) is 3.28. The summed E-state index contributed by atoms with van der Waals surface area (Å²) in [6.45, 7) is 2.86. The highest BCUT2D eigenvalue weighted by Gasteiger charge is 2.34. The lowest BCUT2D eigenvalue weighted by Gasteiger charge is -2.36. The van der Waals surface area contributed by atoms with Gasteiger partial charge in [-0.2, -0.15) is 4.31 Å². The Morgan fingerprint density at radius 3 is 2.40 bits per heavy atom. The molecule has 2 unspecified atom stereocenters. The molecule has 1 heterocycles. The largest absolute Gasteiger partial charge is 0.330 e. The standard InChI is InChI=1S/C13H18Cl2N2O2S/c1-9-2-3-10(7-16)8-17(9)20(18,19)13-5-11(14)4-12(15)6-13/h4-6,9-10H,2-3,7-8,16H2,1H3. The highest BCUT2D eigenvalue weighted by Crippen LogP contribution is 2.30. The Balaban J connectivity index is 2.37. The molecule has 0 amide bonds. The first kappa shape index (κ1) is 16.0. The summed E-state index contributed by atoms with van der Waals surface area (Å²) in [7, 11) is -3.59. The molecule has 0 aromatic heterocycles. The Morgan fingerprint density at radius 1 is 1.25 bits per heavy atom. The van der Waals surface area contributed by atoms with E-state index in [1.165, 1.54) is 22.5 Å². The summed E-state index contributed by atoms with van der Waals surface area (Å²) in [4.78, 5) is 0.138. The van der Waals surface area contributed by atoms with Crippen LogP contribution in [0.5, 0.6) is 0 Å². The average molecular weight is 337 g/mol. The number of nitrogens with two attached hydrogens (primary N) is 1. The number of piperidine rings is 1. The summed E-state index contributed by atoms with van der Waals surface area (Å²) >= 11 is 11.8. The van der Waals surface area contributed by atoms with E-state index in [1.807, 2.05) is 6.92 Å². The van der Waals surface area contributed by atoms with Crippen molar-refractivity contribution in [3.05, 3.63) is 28.2 Å². The Morgan fingerprint density at radius 2 is 1.85 bits per heavy atom. The zero-order valence-electron chi connectivity index (χ0n) is 11.2. The predicted octanol–water partition coefficient (Wildman–Crippen LogP) is 2.74. The molecule has 2 rings (SSSR count). The van der Waals surface area contributed by atoms with Crippen molar-refractivity contribution in [2.75, 3.05) is 13.1 Å². The Bertz CT molecular complexity index is 572. The molecule has 0 aliphatic carbocycles. The second-order valence-electron chi connectivity index (χ2n) is 5.21. The highest BCUT2D eigenvalue weighted by molar-refractivity contribution is 7.89. The minimum absolute atomic E-state index is 0.0412. The van der Waals surface area contributed by atoms with E-state index in [0.717, 1.165) is 12.8 Å². The summed E-state index contributed by atoms with van der Waals surface area (Å²) in [5.74, 6) is 0.204. The summed E-state index contributed by atoms with van der Waals surface area (Å²) in [6, 6.07) is 4.34. The molecule has 1 aliphatic rings. The van der Waals surface area contributed by atoms with Gasteiger partial charge in [0.05, 0.1) is 4.90 Å². The average Bonchev–Trinajstić information content (AvgIpc) is 2.38. The summed E-state index contributed by atoms with van der Waals surface area (Å²) in [6.07, 6.45) is 1.77. The maximum Gasteiger partial charge on any atom is 0.243 e. The van der Waals surface area contributed by atoms with Crippen LogP contribution in [0.3, 0.4) is 0 Å². The maximum atomic E-state index is 12.7. The van der Waals surface area contributed by atoms with Gasteiger partial charge in [0.2, 0.25) is 10.0 Å². The molecule has 2 atom stereocenters. The molecular weight excluding hydrogens is 319 g/mol.